The minimum absolute atomic E-state index is 0.0552. The summed E-state index contributed by atoms with van der Waals surface area (Å²) >= 11 is 0. The number of carbonyl (C=O) groups excluding carboxylic acids is 1. The number of anilines is 2. The van der Waals surface area contributed by atoms with E-state index in [1.807, 2.05) is 29.2 Å². The molecular formula is C24H24N8O3. The molecule has 1 fully saturated rings. The fourth-order valence-electron chi connectivity index (χ4n) is 3.68. The zero-order valence-corrected chi connectivity index (χ0v) is 19.2. The maximum Gasteiger partial charge on any atom is 0.229 e. The summed E-state index contributed by atoms with van der Waals surface area (Å²) < 4.78 is 12.4. The number of nitrogens with zero attached hydrogens (tertiary/aromatic N) is 7. The van der Waals surface area contributed by atoms with Crippen molar-refractivity contribution in [2.75, 3.05) is 43.7 Å². The molecule has 0 aliphatic carbocycles. The van der Waals surface area contributed by atoms with Gasteiger partial charge in [0.05, 0.1) is 39.4 Å². The number of aromatic nitrogens is 5. The number of imidazole rings is 1. The topological polar surface area (TPSA) is 120 Å². The van der Waals surface area contributed by atoms with Crippen molar-refractivity contribution in [1.29, 1.82) is 0 Å². The van der Waals surface area contributed by atoms with Crippen molar-refractivity contribution in [2.45, 2.75) is 6.54 Å². The molecular weight excluding hydrogens is 448 g/mol. The summed E-state index contributed by atoms with van der Waals surface area (Å²) in [7, 11) is 1.62. The van der Waals surface area contributed by atoms with Gasteiger partial charge in [-0.2, -0.15) is 15.1 Å². The van der Waals surface area contributed by atoms with Gasteiger partial charge in [0.25, 0.3) is 0 Å². The molecule has 4 heterocycles. The Morgan fingerprint density at radius 1 is 1.17 bits per heavy atom. The minimum Gasteiger partial charge on any atom is -0.497 e. The van der Waals surface area contributed by atoms with Gasteiger partial charge in [0.1, 0.15) is 11.4 Å². The van der Waals surface area contributed by atoms with Crippen LogP contribution >= 0.6 is 0 Å². The van der Waals surface area contributed by atoms with E-state index in [1.54, 1.807) is 48.6 Å². The summed E-state index contributed by atoms with van der Waals surface area (Å²) in [5.41, 5.74) is 5.29. The zero-order chi connectivity index (χ0) is 24.0. The maximum absolute atomic E-state index is 12.8. The monoisotopic (exact) mass is 472 g/mol. The number of ketones is 1. The standard InChI is InChI=1S/C24H24N8O3/c1-34-18-6-4-5-17(13-18)14-27-30-22-21-23(29-24(28-22)31-9-11-35-12-10-31)32(16-26-21)15-20(33)19-7-2-3-8-25-19/h2-8,13-14,16H,9-12,15H2,1H3,(H,28,29,30)/b27-14+. The lowest BCUT2D eigenvalue weighted by molar-refractivity contribution is 0.0968. The van der Waals surface area contributed by atoms with Crippen LogP contribution in [0, 0.1) is 0 Å². The van der Waals surface area contributed by atoms with Crippen LogP contribution in [-0.2, 0) is 11.3 Å². The lowest BCUT2D eigenvalue weighted by atomic mass is 10.2. The number of morpholine rings is 1. The normalized spacial score (nSPS) is 13.9. The van der Waals surface area contributed by atoms with Gasteiger partial charge in [0.15, 0.2) is 17.0 Å². The van der Waals surface area contributed by atoms with Crippen LogP contribution in [0.3, 0.4) is 0 Å². The number of pyridine rings is 1. The highest BCUT2D eigenvalue weighted by Gasteiger charge is 2.20. The first-order valence-electron chi connectivity index (χ1n) is 11.1. The largest absolute Gasteiger partial charge is 0.497 e. The third-order valence-corrected chi connectivity index (χ3v) is 5.49. The zero-order valence-electron chi connectivity index (χ0n) is 19.2. The van der Waals surface area contributed by atoms with Gasteiger partial charge in [0.2, 0.25) is 11.7 Å². The molecule has 5 rings (SSSR count). The van der Waals surface area contributed by atoms with E-state index in [2.05, 4.69) is 25.5 Å². The smallest absolute Gasteiger partial charge is 0.229 e. The van der Waals surface area contributed by atoms with Crippen LogP contribution in [0.4, 0.5) is 11.8 Å². The van der Waals surface area contributed by atoms with Gasteiger partial charge in [-0.15, -0.1) is 0 Å². The van der Waals surface area contributed by atoms with E-state index in [0.29, 0.717) is 54.9 Å². The molecule has 0 bridgehead atoms. The molecule has 1 N–H and O–H groups in total. The average molecular weight is 473 g/mol. The molecule has 0 radical (unpaired) electrons. The first-order chi connectivity index (χ1) is 17.2. The molecule has 1 aliphatic heterocycles. The van der Waals surface area contributed by atoms with Crippen LogP contribution in [-0.4, -0.2) is 69.9 Å². The molecule has 0 atom stereocenters. The van der Waals surface area contributed by atoms with Gasteiger partial charge in [0, 0.05) is 19.3 Å². The van der Waals surface area contributed by atoms with Gasteiger partial charge in [-0.25, -0.2) is 4.98 Å². The van der Waals surface area contributed by atoms with E-state index in [0.717, 1.165) is 11.3 Å². The van der Waals surface area contributed by atoms with Gasteiger partial charge in [-0.1, -0.05) is 18.2 Å². The molecule has 1 saturated heterocycles. The quantitative estimate of drug-likeness (QED) is 0.234. The SMILES string of the molecule is COc1cccc(/C=N/Nc2nc(N3CCOCC3)nc3c2ncn3CC(=O)c2ccccn2)c1. The Morgan fingerprint density at radius 3 is 2.86 bits per heavy atom. The van der Waals surface area contributed by atoms with Gasteiger partial charge < -0.3 is 18.9 Å². The van der Waals surface area contributed by atoms with E-state index < -0.39 is 0 Å². The summed E-state index contributed by atoms with van der Waals surface area (Å²) in [6.45, 7) is 2.57. The van der Waals surface area contributed by atoms with Crippen molar-refractivity contribution in [1.82, 2.24) is 24.5 Å². The lowest BCUT2D eigenvalue weighted by Gasteiger charge is -2.27. The number of hydrazone groups is 1. The second-order valence-corrected chi connectivity index (χ2v) is 7.80. The number of nitrogens with one attached hydrogen (secondary N) is 1. The second-order valence-electron chi connectivity index (χ2n) is 7.80. The lowest BCUT2D eigenvalue weighted by Crippen LogP contribution is -2.37. The molecule has 178 valence electrons. The summed E-state index contributed by atoms with van der Waals surface area (Å²) in [6.07, 6.45) is 4.85. The van der Waals surface area contributed by atoms with Crippen LogP contribution in [0.25, 0.3) is 11.2 Å². The van der Waals surface area contributed by atoms with Crippen molar-refractivity contribution in [3.8, 4) is 5.75 Å². The number of carbonyl (C=O) groups is 1. The fraction of sp³-hybridized carbons (Fsp3) is 0.250. The van der Waals surface area contributed by atoms with E-state index >= 15 is 0 Å². The molecule has 0 amide bonds. The molecule has 35 heavy (non-hydrogen) atoms. The first-order valence-corrected chi connectivity index (χ1v) is 11.1. The molecule has 4 aromatic rings. The molecule has 0 unspecified atom stereocenters. The molecule has 11 nitrogen and oxygen atoms in total. The predicted octanol–water partition coefficient (Wildman–Crippen LogP) is 2.40. The Labute approximate surface area is 201 Å². The number of Topliss-reactive ketones (excluding diaryl/α,β-unsaturated/α-hetero) is 1. The van der Waals surface area contributed by atoms with Crippen molar-refractivity contribution in [2.24, 2.45) is 5.10 Å². The summed E-state index contributed by atoms with van der Waals surface area (Å²) in [6, 6.07) is 12.8. The third-order valence-electron chi connectivity index (χ3n) is 5.49. The summed E-state index contributed by atoms with van der Waals surface area (Å²) in [5.74, 6) is 1.57. The third kappa shape index (κ3) is 5.09. The van der Waals surface area contributed by atoms with Gasteiger partial charge in [-0.3, -0.25) is 15.2 Å². The molecule has 1 aromatic carbocycles. The highest BCUT2D eigenvalue weighted by atomic mass is 16.5. The Morgan fingerprint density at radius 2 is 2.06 bits per heavy atom. The van der Waals surface area contributed by atoms with Crippen LogP contribution < -0.4 is 15.1 Å². The molecule has 1 aliphatic rings. The molecule has 0 spiro atoms. The maximum atomic E-state index is 12.8. The van der Waals surface area contributed by atoms with E-state index in [4.69, 9.17) is 14.5 Å². The van der Waals surface area contributed by atoms with E-state index in [-0.39, 0.29) is 12.3 Å². The molecule has 0 saturated carbocycles. The second kappa shape index (κ2) is 10.3. The van der Waals surface area contributed by atoms with Crippen molar-refractivity contribution >= 4 is 34.9 Å². The fourth-order valence-corrected chi connectivity index (χ4v) is 3.68. The van der Waals surface area contributed by atoms with Crippen molar-refractivity contribution in [3.05, 3.63) is 66.2 Å². The van der Waals surface area contributed by atoms with Crippen molar-refractivity contribution < 1.29 is 14.3 Å². The first kappa shape index (κ1) is 22.4. The Balaban J connectivity index is 1.47. The Bertz CT molecular complexity index is 1350. The van der Waals surface area contributed by atoms with Crippen LogP contribution in [0.5, 0.6) is 5.75 Å². The Hall–Kier alpha value is -4.38. The number of rotatable bonds is 8. The highest BCUT2D eigenvalue weighted by molar-refractivity contribution is 5.95. The van der Waals surface area contributed by atoms with Crippen LogP contribution in [0.15, 0.2) is 60.1 Å². The highest BCUT2D eigenvalue weighted by Crippen LogP contribution is 2.23. The van der Waals surface area contributed by atoms with Gasteiger partial charge in [-0.05, 0) is 29.8 Å². The number of fused-ring (bicyclic) bond motifs is 1. The number of benzene rings is 1. The number of hydrogen-bond donors (Lipinski definition) is 1. The average Bonchev–Trinajstić information content (AvgIpc) is 3.32. The predicted molar refractivity (Wildman–Crippen MR) is 131 cm³/mol. The van der Waals surface area contributed by atoms with Crippen molar-refractivity contribution in [3.63, 3.8) is 0 Å². The minimum atomic E-state index is -0.137. The number of methoxy groups -OCH3 is 1. The van der Waals surface area contributed by atoms with Crippen LogP contribution in [0.1, 0.15) is 16.1 Å². The Kier molecular flexibility index (Phi) is 6.57. The summed E-state index contributed by atoms with van der Waals surface area (Å²) in [5, 5.41) is 4.35. The summed E-state index contributed by atoms with van der Waals surface area (Å²) in [4.78, 5) is 32.8. The van der Waals surface area contributed by atoms with E-state index in [1.165, 1.54) is 0 Å². The van der Waals surface area contributed by atoms with E-state index in [9.17, 15) is 4.79 Å². The van der Waals surface area contributed by atoms with Gasteiger partial charge >= 0.3 is 0 Å². The number of hydrogen-bond acceptors (Lipinski definition) is 10. The van der Waals surface area contributed by atoms with Crippen LogP contribution in [0.2, 0.25) is 0 Å². The number of ether oxygens (including phenoxy) is 2. The molecule has 3 aromatic heterocycles. The molecule has 11 heteroatoms.